The minimum Gasteiger partial charge on any atom is -0.491 e. The summed E-state index contributed by atoms with van der Waals surface area (Å²) < 4.78 is 21.0. The van der Waals surface area contributed by atoms with Crippen molar-refractivity contribution in [2.24, 2.45) is 13.0 Å². The fourth-order valence-corrected chi connectivity index (χ4v) is 3.04. The second-order valence-electron chi connectivity index (χ2n) is 6.42. The van der Waals surface area contributed by atoms with Crippen LogP contribution in [0.15, 0.2) is 46.3 Å². The molecule has 2 heterocycles. The van der Waals surface area contributed by atoms with Gasteiger partial charge in [0.15, 0.2) is 0 Å². The quantitative estimate of drug-likeness (QED) is 0.723. The molecule has 0 bridgehead atoms. The summed E-state index contributed by atoms with van der Waals surface area (Å²) in [6.07, 6.45) is 4.09. The first kappa shape index (κ1) is 16.1. The Morgan fingerprint density at radius 3 is 2.84 bits per heavy atom. The lowest BCUT2D eigenvalue weighted by Gasteiger charge is -2.14. The number of benzene rings is 1. The van der Waals surface area contributed by atoms with Crippen LogP contribution in [0.3, 0.4) is 0 Å². The Bertz CT molecular complexity index is 1030. The SMILES string of the molecule is Cn1cc(-c2nc(S)ccc2OCC2CC2)c2ccc(F)cc2c1=O. The Balaban J connectivity index is 1.93. The van der Waals surface area contributed by atoms with Crippen molar-refractivity contribution in [2.45, 2.75) is 17.9 Å². The lowest BCUT2D eigenvalue weighted by molar-refractivity contribution is 0.299. The molecule has 0 saturated heterocycles. The number of hydrogen-bond donors (Lipinski definition) is 1. The van der Waals surface area contributed by atoms with Crippen molar-refractivity contribution in [1.29, 1.82) is 0 Å². The van der Waals surface area contributed by atoms with E-state index in [1.807, 2.05) is 6.07 Å². The van der Waals surface area contributed by atoms with Crippen molar-refractivity contribution in [3.05, 3.63) is 52.7 Å². The summed E-state index contributed by atoms with van der Waals surface area (Å²) in [7, 11) is 1.64. The Hall–Kier alpha value is -2.34. The molecular weight excluding hydrogens is 339 g/mol. The molecule has 1 aromatic carbocycles. The molecule has 0 radical (unpaired) electrons. The first-order chi connectivity index (χ1) is 12.0. The average molecular weight is 356 g/mol. The molecule has 1 saturated carbocycles. The fraction of sp³-hybridized carbons (Fsp3) is 0.263. The third-order valence-corrected chi connectivity index (χ3v) is 4.66. The Morgan fingerprint density at radius 1 is 1.28 bits per heavy atom. The monoisotopic (exact) mass is 356 g/mol. The molecule has 3 aromatic rings. The van der Waals surface area contributed by atoms with Gasteiger partial charge < -0.3 is 9.30 Å². The first-order valence-corrected chi connectivity index (χ1v) is 8.60. The van der Waals surface area contributed by atoms with E-state index < -0.39 is 5.82 Å². The molecule has 0 atom stereocenters. The standard InChI is InChI=1S/C19H17FN2O2S/c1-22-9-15(13-5-4-12(20)8-14(13)19(22)23)18-16(6-7-17(25)21-18)24-10-11-2-3-11/h4-9,11H,2-3,10H2,1H3,(H,21,25). The Labute approximate surface area is 149 Å². The molecule has 0 N–H and O–H groups in total. The van der Waals surface area contributed by atoms with Crippen molar-refractivity contribution in [1.82, 2.24) is 9.55 Å². The van der Waals surface area contributed by atoms with Crippen LogP contribution in [0.1, 0.15) is 12.8 Å². The zero-order valence-corrected chi connectivity index (χ0v) is 14.6. The van der Waals surface area contributed by atoms with Gasteiger partial charge in [-0.2, -0.15) is 0 Å². The van der Waals surface area contributed by atoms with Gasteiger partial charge in [-0.1, -0.05) is 6.07 Å². The van der Waals surface area contributed by atoms with Crippen molar-refractivity contribution < 1.29 is 9.13 Å². The van der Waals surface area contributed by atoms with Gasteiger partial charge in [-0.3, -0.25) is 4.79 Å². The summed E-state index contributed by atoms with van der Waals surface area (Å²) in [5.74, 6) is 0.811. The maximum absolute atomic E-state index is 13.6. The summed E-state index contributed by atoms with van der Waals surface area (Å²) in [6, 6.07) is 7.84. The summed E-state index contributed by atoms with van der Waals surface area (Å²) in [6.45, 7) is 0.652. The van der Waals surface area contributed by atoms with Gasteiger partial charge in [0.1, 0.15) is 17.3 Å². The van der Waals surface area contributed by atoms with Gasteiger partial charge in [-0.25, -0.2) is 9.37 Å². The highest BCUT2D eigenvalue weighted by atomic mass is 32.1. The normalized spacial score (nSPS) is 14.0. The van der Waals surface area contributed by atoms with Crippen molar-refractivity contribution >= 4 is 23.4 Å². The Kier molecular flexibility index (Phi) is 4.00. The van der Waals surface area contributed by atoms with Gasteiger partial charge in [-0.05, 0) is 48.4 Å². The van der Waals surface area contributed by atoms with E-state index in [0.29, 0.717) is 39.8 Å². The molecule has 1 aliphatic carbocycles. The van der Waals surface area contributed by atoms with Crippen molar-refractivity contribution in [2.75, 3.05) is 6.61 Å². The molecule has 128 valence electrons. The number of aromatic nitrogens is 2. The topological polar surface area (TPSA) is 44.1 Å². The van der Waals surface area contributed by atoms with Gasteiger partial charge in [0, 0.05) is 18.8 Å². The fourth-order valence-electron chi connectivity index (χ4n) is 2.87. The number of ether oxygens (including phenoxy) is 1. The van der Waals surface area contributed by atoms with E-state index in [1.165, 1.54) is 29.5 Å². The van der Waals surface area contributed by atoms with E-state index >= 15 is 0 Å². The summed E-state index contributed by atoms with van der Waals surface area (Å²) in [5.41, 5.74) is 1.08. The molecule has 0 spiro atoms. The van der Waals surface area contributed by atoms with Gasteiger partial charge in [0.25, 0.3) is 5.56 Å². The van der Waals surface area contributed by atoms with E-state index in [1.54, 1.807) is 25.4 Å². The first-order valence-electron chi connectivity index (χ1n) is 8.15. The highest BCUT2D eigenvalue weighted by Gasteiger charge is 2.23. The van der Waals surface area contributed by atoms with Crippen LogP contribution in [0, 0.1) is 11.7 Å². The van der Waals surface area contributed by atoms with E-state index in [0.717, 1.165) is 5.56 Å². The molecule has 25 heavy (non-hydrogen) atoms. The molecule has 4 nitrogen and oxygen atoms in total. The van der Waals surface area contributed by atoms with Gasteiger partial charge >= 0.3 is 0 Å². The highest BCUT2D eigenvalue weighted by Crippen LogP contribution is 2.35. The van der Waals surface area contributed by atoms with Crippen LogP contribution in [0.4, 0.5) is 4.39 Å². The smallest absolute Gasteiger partial charge is 0.258 e. The third-order valence-electron chi connectivity index (χ3n) is 4.42. The van der Waals surface area contributed by atoms with Crippen LogP contribution in [0.25, 0.3) is 22.0 Å². The molecule has 4 rings (SSSR count). The number of aryl methyl sites for hydroxylation is 1. The number of thiol groups is 1. The van der Waals surface area contributed by atoms with E-state index in [-0.39, 0.29) is 5.56 Å². The number of hydrogen-bond acceptors (Lipinski definition) is 4. The minimum atomic E-state index is -0.442. The highest BCUT2D eigenvalue weighted by molar-refractivity contribution is 7.80. The lowest BCUT2D eigenvalue weighted by atomic mass is 10.0. The third kappa shape index (κ3) is 3.14. The van der Waals surface area contributed by atoms with Gasteiger partial charge in [0.05, 0.1) is 17.0 Å². The molecule has 0 unspecified atom stereocenters. The maximum atomic E-state index is 13.6. The van der Waals surface area contributed by atoms with Crippen LogP contribution in [0.2, 0.25) is 0 Å². The second-order valence-corrected chi connectivity index (χ2v) is 6.88. The molecule has 6 heteroatoms. The molecule has 0 amide bonds. The number of fused-ring (bicyclic) bond motifs is 1. The average Bonchev–Trinajstić information content (AvgIpc) is 3.41. The van der Waals surface area contributed by atoms with Crippen LogP contribution < -0.4 is 10.3 Å². The Morgan fingerprint density at radius 2 is 2.08 bits per heavy atom. The van der Waals surface area contributed by atoms with Crippen LogP contribution in [0.5, 0.6) is 5.75 Å². The minimum absolute atomic E-state index is 0.249. The lowest BCUT2D eigenvalue weighted by Crippen LogP contribution is -2.17. The summed E-state index contributed by atoms with van der Waals surface area (Å²) >= 11 is 4.33. The predicted molar refractivity (Wildman–Crippen MR) is 97.8 cm³/mol. The van der Waals surface area contributed by atoms with Crippen LogP contribution in [-0.2, 0) is 7.05 Å². The number of nitrogens with zero attached hydrogens (tertiary/aromatic N) is 2. The molecule has 2 aromatic heterocycles. The number of rotatable bonds is 4. The van der Waals surface area contributed by atoms with Gasteiger partial charge in [0.2, 0.25) is 0 Å². The van der Waals surface area contributed by atoms with Crippen LogP contribution >= 0.6 is 12.6 Å². The molecular formula is C19H17FN2O2S. The predicted octanol–water partition coefficient (Wildman–Crippen LogP) is 3.82. The van der Waals surface area contributed by atoms with E-state index in [9.17, 15) is 9.18 Å². The van der Waals surface area contributed by atoms with Crippen molar-refractivity contribution in [3.8, 4) is 17.0 Å². The zero-order chi connectivity index (χ0) is 17.6. The van der Waals surface area contributed by atoms with E-state index in [2.05, 4.69) is 17.6 Å². The second kappa shape index (κ2) is 6.19. The zero-order valence-electron chi connectivity index (χ0n) is 13.7. The molecule has 1 aliphatic rings. The molecule has 0 aliphatic heterocycles. The number of pyridine rings is 2. The number of halogens is 1. The van der Waals surface area contributed by atoms with Gasteiger partial charge in [-0.15, -0.1) is 12.6 Å². The molecule has 1 fully saturated rings. The van der Waals surface area contributed by atoms with Crippen molar-refractivity contribution in [3.63, 3.8) is 0 Å². The maximum Gasteiger partial charge on any atom is 0.258 e. The van der Waals surface area contributed by atoms with Crippen LogP contribution in [-0.4, -0.2) is 16.2 Å². The summed E-state index contributed by atoms with van der Waals surface area (Å²) in [4.78, 5) is 16.9. The largest absolute Gasteiger partial charge is 0.491 e. The summed E-state index contributed by atoms with van der Waals surface area (Å²) in [5, 5.41) is 1.52. The van der Waals surface area contributed by atoms with E-state index in [4.69, 9.17) is 4.74 Å².